The second-order valence-corrected chi connectivity index (χ2v) is 2.18. The third-order valence-corrected chi connectivity index (χ3v) is 1.34. The van der Waals surface area contributed by atoms with E-state index in [0.717, 1.165) is 5.76 Å². The lowest BCUT2D eigenvalue weighted by Crippen LogP contribution is -1.99. The average molecular weight is 123 g/mol. The first-order valence-corrected chi connectivity index (χ1v) is 3.10. The van der Waals surface area contributed by atoms with E-state index in [1.165, 1.54) is 0 Å². The molecule has 0 N–H and O–H groups in total. The summed E-state index contributed by atoms with van der Waals surface area (Å²) >= 11 is 0. The molecular formula is C8H11O. The third-order valence-electron chi connectivity index (χ3n) is 1.34. The maximum absolute atomic E-state index is 5.02. The van der Waals surface area contributed by atoms with Gasteiger partial charge in [-0.25, -0.2) is 0 Å². The monoisotopic (exact) mass is 123 g/mol. The summed E-state index contributed by atoms with van der Waals surface area (Å²) in [5.74, 6) is 1.48. The van der Waals surface area contributed by atoms with E-state index in [-0.39, 0.29) is 0 Å². The van der Waals surface area contributed by atoms with Crippen molar-refractivity contribution in [1.82, 2.24) is 0 Å². The quantitative estimate of drug-likeness (QED) is 0.517. The molecular weight excluding hydrogens is 112 g/mol. The summed E-state index contributed by atoms with van der Waals surface area (Å²) in [5.41, 5.74) is 0. The number of allylic oxidation sites excluding steroid dienone is 4. The smallest absolute Gasteiger partial charge is 0.0999 e. The number of ether oxygens (including phenoxy) is 1. The van der Waals surface area contributed by atoms with Gasteiger partial charge in [0.2, 0.25) is 0 Å². The van der Waals surface area contributed by atoms with Crippen LogP contribution < -0.4 is 0 Å². The first-order chi connectivity index (χ1) is 4.33. The Hall–Kier alpha value is -0.720. The molecule has 9 heavy (non-hydrogen) atoms. The number of methoxy groups -OCH3 is 1. The van der Waals surface area contributed by atoms with Gasteiger partial charge in [-0.3, -0.25) is 0 Å². The minimum atomic E-state index is 0.518. The van der Waals surface area contributed by atoms with Crippen molar-refractivity contribution in [1.29, 1.82) is 0 Å². The molecule has 0 aromatic carbocycles. The van der Waals surface area contributed by atoms with Gasteiger partial charge in [-0.05, 0) is 12.0 Å². The Balaban J connectivity index is 2.55. The van der Waals surface area contributed by atoms with Crippen molar-refractivity contribution in [3.8, 4) is 0 Å². The van der Waals surface area contributed by atoms with Crippen LogP contribution in [0.3, 0.4) is 0 Å². The lowest BCUT2D eigenvalue weighted by atomic mass is 10.0. The SMILES string of the molecule is COC1=CC=C[C@H](C)[CH]1. The van der Waals surface area contributed by atoms with Crippen molar-refractivity contribution in [2.24, 2.45) is 5.92 Å². The normalized spacial score (nSPS) is 25.6. The molecule has 0 saturated heterocycles. The molecule has 1 aliphatic carbocycles. The maximum Gasteiger partial charge on any atom is 0.0999 e. The summed E-state index contributed by atoms with van der Waals surface area (Å²) in [6, 6.07) is 0. The summed E-state index contributed by atoms with van der Waals surface area (Å²) in [6.07, 6.45) is 8.19. The summed E-state index contributed by atoms with van der Waals surface area (Å²) < 4.78 is 5.02. The van der Waals surface area contributed by atoms with Crippen molar-refractivity contribution in [2.75, 3.05) is 7.11 Å². The Morgan fingerprint density at radius 3 is 2.78 bits per heavy atom. The van der Waals surface area contributed by atoms with E-state index in [2.05, 4.69) is 19.4 Å². The lowest BCUT2D eigenvalue weighted by Gasteiger charge is -2.11. The first-order valence-electron chi connectivity index (χ1n) is 3.10. The van der Waals surface area contributed by atoms with Crippen molar-refractivity contribution in [3.63, 3.8) is 0 Å². The molecule has 0 fully saturated rings. The lowest BCUT2D eigenvalue weighted by molar-refractivity contribution is 0.292. The minimum absolute atomic E-state index is 0.518. The molecule has 0 aromatic rings. The van der Waals surface area contributed by atoms with Gasteiger partial charge in [0.15, 0.2) is 0 Å². The van der Waals surface area contributed by atoms with E-state index >= 15 is 0 Å². The van der Waals surface area contributed by atoms with Gasteiger partial charge < -0.3 is 4.74 Å². The van der Waals surface area contributed by atoms with E-state index in [1.807, 2.05) is 12.2 Å². The second kappa shape index (κ2) is 2.72. The van der Waals surface area contributed by atoms with Crippen LogP contribution in [0.15, 0.2) is 24.0 Å². The molecule has 1 radical (unpaired) electrons. The molecule has 1 heteroatoms. The van der Waals surface area contributed by atoms with Crippen LogP contribution in [0, 0.1) is 12.3 Å². The summed E-state index contributed by atoms with van der Waals surface area (Å²) in [4.78, 5) is 0. The Bertz CT molecular complexity index is 145. The molecule has 1 atom stereocenters. The maximum atomic E-state index is 5.02. The molecule has 49 valence electrons. The van der Waals surface area contributed by atoms with E-state index in [9.17, 15) is 0 Å². The predicted molar refractivity (Wildman–Crippen MR) is 37.7 cm³/mol. The molecule has 0 unspecified atom stereocenters. The predicted octanol–water partition coefficient (Wildman–Crippen LogP) is 1.93. The number of hydrogen-bond acceptors (Lipinski definition) is 1. The summed E-state index contributed by atoms with van der Waals surface area (Å²) in [7, 11) is 1.69. The van der Waals surface area contributed by atoms with Crippen molar-refractivity contribution in [3.05, 3.63) is 30.4 Å². The van der Waals surface area contributed by atoms with Crippen LogP contribution >= 0.6 is 0 Å². The zero-order valence-corrected chi connectivity index (χ0v) is 5.79. The molecule has 0 heterocycles. The molecule has 0 amide bonds. The van der Waals surface area contributed by atoms with Crippen molar-refractivity contribution in [2.45, 2.75) is 6.92 Å². The largest absolute Gasteiger partial charge is 0.501 e. The highest BCUT2D eigenvalue weighted by molar-refractivity contribution is 5.23. The average Bonchev–Trinajstić information content (AvgIpc) is 1.88. The van der Waals surface area contributed by atoms with Crippen molar-refractivity contribution >= 4 is 0 Å². The fourth-order valence-electron chi connectivity index (χ4n) is 0.832. The molecule has 0 bridgehead atoms. The van der Waals surface area contributed by atoms with Gasteiger partial charge in [0, 0.05) is 6.42 Å². The summed E-state index contributed by atoms with van der Waals surface area (Å²) in [5, 5.41) is 0. The topological polar surface area (TPSA) is 9.23 Å². The number of hydrogen-bond donors (Lipinski definition) is 0. The Labute approximate surface area is 56.0 Å². The number of rotatable bonds is 1. The van der Waals surface area contributed by atoms with E-state index in [0.29, 0.717) is 5.92 Å². The van der Waals surface area contributed by atoms with Crippen LogP contribution in [0.4, 0.5) is 0 Å². The van der Waals surface area contributed by atoms with Gasteiger partial charge in [0.05, 0.1) is 12.9 Å². The van der Waals surface area contributed by atoms with Crippen molar-refractivity contribution < 1.29 is 4.74 Å². The molecule has 1 aliphatic rings. The zero-order valence-electron chi connectivity index (χ0n) is 5.79. The van der Waals surface area contributed by atoms with E-state index in [1.54, 1.807) is 7.11 Å². The molecule has 0 saturated carbocycles. The van der Waals surface area contributed by atoms with Gasteiger partial charge in [0.1, 0.15) is 0 Å². The molecule has 1 nitrogen and oxygen atoms in total. The van der Waals surface area contributed by atoms with Gasteiger partial charge in [-0.1, -0.05) is 19.1 Å². The van der Waals surface area contributed by atoms with Gasteiger partial charge in [-0.2, -0.15) is 0 Å². The molecule has 0 aliphatic heterocycles. The molecule has 0 spiro atoms. The fourth-order valence-corrected chi connectivity index (χ4v) is 0.832. The highest BCUT2D eigenvalue weighted by Crippen LogP contribution is 2.16. The van der Waals surface area contributed by atoms with Gasteiger partial charge in [-0.15, -0.1) is 0 Å². The van der Waals surface area contributed by atoms with Crippen LogP contribution in [0.25, 0.3) is 0 Å². The standard InChI is InChI=1S/C8H11O/c1-7-4-3-5-8(6-7)9-2/h3-7H,1-2H3/t7-/m0/s1. The van der Waals surface area contributed by atoms with Crippen LogP contribution in [-0.2, 0) is 4.74 Å². The highest BCUT2D eigenvalue weighted by Gasteiger charge is 2.05. The van der Waals surface area contributed by atoms with Crippen LogP contribution in [-0.4, -0.2) is 7.11 Å². The summed E-state index contributed by atoms with van der Waals surface area (Å²) in [6.45, 7) is 2.13. The Morgan fingerprint density at radius 1 is 1.56 bits per heavy atom. The van der Waals surface area contributed by atoms with Gasteiger partial charge >= 0.3 is 0 Å². The zero-order chi connectivity index (χ0) is 6.69. The molecule has 0 aromatic heterocycles. The Morgan fingerprint density at radius 2 is 2.33 bits per heavy atom. The van der Waals surface area contributed by atoms with Crippen LogP contribution in [0.1, 0.15) is 6.92 Å². The molecule has 1 rings (SSSR count). The third kappa shape index (κ3) is 1.60. The fraction of sp³-hybridized carbons (Fsp3) is 0.375. The van der Waals surface area contributed by atoms with Crippen LogP contribution in [0.5, 0.6) is 0 Å². The van der Waals surface area contributed by atoms with E-state index in [4.69, 9.17) is 4.74 Å². The van der Waals surface area contributed by atoms with E-state index < -0.39 is 0 Å². The minimum Gasteiger partial charge on any atom is -0.501 e. The Kier molecular flexibility index (Phi) is 1.93. The van der Waals surface area contributed by atoms with Crippen LogP contribution in [0.2, 0.25) is 0 Å². The first kappa shape index (κ1) is 6.40. The van der Waals surface area contributed by atoms with Gasteiger partial charge in [0.25, 0.3) is 0 Å². The highest BCUT2D eigenvalue weighted by atomic mass is 16.5. The second-order valence-electron chi connectivity index (χ2n) is 2.18.